The summed E-state index contributed by atoms with van der Waals surface area (Å²) in [4.78, 5) is 0.118. The molecule has 0 aliphatic carbocycles. The molecule has 0 aliphatic heterocycles. The fraction of sp³-hybridized carbons (Fsp3) is 0.167. The van der Waals surface area contributed by atoms with Crippen LogP contribution in [0.4, 0.5) is 10.1 Å². The molecule has 0 atom stereocenters. The van der Waals surface area contributed by atoms with Crippen LogP contribution in [0.1, 0.15) is 31.9 Å². The number of aliphatic hydroxyl groups excluding tert-OH is 1. The number of benzene rings is 2. The van der Waals surface area contributed by atoms with Gasteiger partial charge in [-0.25, -0.2) is 4.39 Å². The Morgan fingerprint density at radius 2 is 1.68 bits per heavy atom. The SMILES string of the molecule is CC(C)(C)c1cc[n+](C(C(=S)Nc2ccccc2F)=C(O)c2cc(Cl)ccc2Cl)cc1. The van der Waals surface area contributed by atoms with E-state index in [4.69, 9.17) is 35.4 Å². The van der Waals surface area contributed by atoms with Crippen LogP contribution < -0.4 is 9.88 Å². The normalized spacial score (nSPS) is 12.3. The molecule has 0 radical (unpaired) electrons. The lowest BCUT2D eigenvalue weighted by Gasteiger charge is -2.18. The lowest BCUT2D eigenvalue weighted by molar-refractivity contribution is -0.575. The van der Waals surface area contributed by atoms with Gasteiger partial charge < -0.3 is 10.4 Å². The van der Waals surface area contributed by atoms with Crippen LogP contribution in [-0.4, -0.2) is 10.1 Å². The van der Waals surface area contributed by atoms with Crippen LogP contribution >= 0.6 is 35.4 Å². The number of pyridine rings is 1. The quantitative estimate of drug-likeness (QED) is 0.184. The molecule has 2 N–H and O–H groups in total. The molecule has 1 heterocycles. The molecule has 31 heavy (non-hydrogen) atoms. The van der Waals surface area contributed by atoms with Gasteiger partial charge in [0.25, 0.3) is 5.70 Å². The summed E-state index contributed by atoms with van der Waals surface area (Å²) in [5.74, 6) is -0.646. The van der Waals surface area contributed by atoms with Crippen molar-refractivity contribution in [1.29, 1.82) is 0 Å². The van der Waals surface area contributed by atoms with E-state index in [9.17, 15) is 9.50 Å². The zero-order valence-electron chi connectivity index (χ0n) is 17.3. The maximum Gasteiger partial charge on any atom is 0.288 e. The lowest BCUT2D eigenvalue weighted by atomic mass is 9.88. The van der Waals surface area contributed by atoms with Crippen molar-refractivity contribution in [1.82, 2.24) is 0 Å². The third-order valence-electron chi connectivity index (χ3n) is 4.70. The van der Waals surface area contributed by atoms with E-state index >= 15 is 0 Å². The summed E-state index contributed by atoms with van der Waals surface area (Å²) in [6.07, 6.45) is 3.58. The number of aromatic nitrogens is 1. The number of halogens is 3. The molecule has 2 aromatic carbocycles. The van der Waals surface area contributed by atoms with Crippen molar-refractivity contribution in [3.05, 3.63) is 94.0 Å². The molecule has 0 saturated carbocycles. The Kier molecular flexibility index (Phi) is 6.99. The van der Waals surface area contributed by atoms with Gasteiger partial charge in [-0.2, -0.15) is 4.57 Å². The Balaban J connectivity index is 2.15. The number of rotatable bonds is 4. The van der Waals surface area contributed by atoms with Gasteiger partial charge in [-0.15, -0.1) is 0 Å². The van der Waals surface area contributed by atoms with E-state index in [1.807, 2.05) is 12.1 Å². The van der Waals surface area contributed by atoms with Crippen LogP contribution in [0.3, 0.4) is 0 Å². The lowest BCUT2D eigenvalue weighted by Crippen LogP contribution is -2.39. The average molecular weight is 476 g/mol. The van der Waals surface area contributed by atoms with E-state index in [1.54, 1.807) is 53.4 Å². The van der Waals surface area contributed by atoms with Gasteiger partial charge >= 0.3 is 0 Å². The number of thiocarbonyl (C=S) groups is 1. The Labute approximate surface area is 196 Å². The summed E-state index contributed by atoms with van der Waals surface area (Å²) < 4.78 is 15.9. The van der Waals surface area contributed by atoms with E-state index in [2.05, 4.69) is 26.1 Å². The highest BCUT2D eigenvalue weighted by atomic mass is 35.5. The summed E-state index contributed by atoms with van der Waals surface area (Å²) in [6.45, 7) is 6.32. The van der Waals surface area contributed by atoms with E-state index < -0.39 is 5.82 Å². The van der Waals surface area contributed by atoms with Crippen molar-refractivity contribution in [3.63, 3.8) is 0 Å². The second-order valence-corrected chi connectivity index (χ2v) is 9.25. The van der Waals surface area contributed by atoms with Gasteiger partial charge in [-0.05, 0) is 41.3 Å². The Bertz CT molecular complexity index is 1150. The van der Waals surface area contributed by atoms with Crippen LogP contribution in [0.25, 0.3) is 11.5 Å². The monoisotopic (exact) mass is 475 g/mol. The van der Waals surface area contributed by atoms with Gasteiger partial charge in [0.15, 0.2) is 17.4 Å². The number of hydrogen-bond acceptors (Lipinski definition) is 2. The largest absolute Gasteiger partial charge is 0.502 e. The number of hydrogen-bond donors (Lipinski definition) is 2. The standard InChI is InChI=1S/C24H21Cl2FN2OS/c1-24(2,3)15-10-12-29(13-11-15)21(22(30)17-14-16(25)8-9-18(17)26)23(31)28-20-7-5-4-6-19(20)27/h4-14H,1-3H3,(H-,28,30,31)/p+1. The van der Waals surface area contributed by atoms with Crippen molar-refractivity contribution in [3.8, 4) is 0 Å². The first-order chi connectivity index (χ1) is 14.6. The predicted octanol–water partition coefficient (Wildman–Crippen LogP) is 7.04. The zero-order chi connectivity index (χ0) is 22.8. The number of nitrogens with zero attached hydrogens (tertiary/aromatic N) is 1. The molecule has 1 aromatic heterocycles. The van der Waals surface area contributed by atoms with E-state index in [0.717, 1.165) is 5.56 Å². The van der Waals surface area contributed by atoms with Gasteiger partial charge in [0, 0.05) is 22.7 Å². The smallest absolute Gasteiger partial charge is 0.288 e. The Morgan fingerprint density at radius 3 is 2.29 bits per heavy atom. The highest BCUT2D eigenvalue weighted by Crippen LogP contribution is 2.29. The van der Waals surface area contributed by atoms with Gasteiger partial charge in [-0.1, -0.05) is 68.3 Å². The summed E-state index contributed by atoms with van der Waals surface area (Å²) in [7, 11) is 0. The fourth-order valence-corrected chi connectivity index (χ4v) is 3.66. The first-order valence-corrected chi connectivity index (χ1v) is 10.7. The number of para-hydroxylation sites is 1. The molecule has 0 aliphatic rings. The van der Waals surface area contributed by atoms with Gasteiger partial charge in [0.05, 0.1) is 10.7 Å². The van der Waals surface area contributed by atoms with Crippen LogP contribution in [0.5, 0.6) is 0 Å². The fourth-order valence-electron chi connectivity index (χ4n) is 2.97. The minimum Gasteiger partial charge on any atom is -0.502 e. The van der Waals surface area contributed by atoms with Crippen molar-refractivity contribution < 1.29 is 14.1 Å². The molecule has 0 spiro atoms. The minimum absolute atomic E-state index is 0.0484. The molecular formula is C24H22Cl2FN2OS+. The molecule has 3 nitrogen and oxygen atoms in total. The molecule has 0 bridgehead atoms. The Morgan fingerprint density at radius 1 is 1.03 bits per heavy atom. The number of aliphatic hydroxyl groups is 1. The molecule has 3 aromatic rings. The summed E-state index contributed by atoms with van der Waals surface area (Å²) >= 11 is 18.0. The van der Waals surface area contributed by atoms with Crippen molar-refractivity contribution in [2.45, 2.75) is 26.2 Å². The predicted molar refractivity (Wildman–Crippen MR) is 130 cm³/mol. The summed E-state index contributed by atoms with van der Waals surface area (Å²) in [5, 5.41) is 14.8. The third-order valence-corrected chi connectivity index (χ3v) is 5.56. The maximum absolute atomic E-state index is 14.2. The van der Waals surface area contributed by atoms with Crippen molar-refractivity contribution >= 4 is 57.6 Å². The third kappa shape index (κ3) is 5.42. The van der Waals surface area contributed by atoms with Gasteiger partial charge in [0.2, 0.25) is 5.76 Å². The molecule has 0 fully saturated rings. The van der Waals surface area contributed by atoms with Crippen LogP contribution in [-0.2, 0) is 5.41 Å². The van der Waals surface area contributed by atoms with Gasteiger partial charge in [-0.3, -0.25) is 0 Å². The first-order valence-electron chi connectivity index (χ1n) is 9.54. The van der Waals surface area contributed by atoms with Crippen LogP contribution in [0.15, 0.2) is 67.0 Å². The average Bonchev–Trinajstić information content (AvgIpc) is 2.71. The topological polar surface area (TPSA) is 36.1 Å². The van der Waals surface area contributed by atoms with Gasteiger partial charge in [0.1, 0.15) is 5.82 Å². The first kappa shape index (κ1) is 23.2. The number of nitrogens with one attached hydrogen (secondary N) is 1. The molecule has 0 saturated heterocycles. The minimum atomic E-state index is -0.461. The van der Waals surface area contributed by atoms with Crippen molar-refractivity contribution in [2.24, 2.45) is 0 Å². The second kappa shape index (κ2) is 9.35. The van der Waals surface area contributed by atoms with Crippen LogP contribution in [0.2, 0.25) is 10.0 Å². The highest BCUT2D eigenvalue weighted by molar-refractivity contribution is 7.81. The van der Waals surface area contributed by atoms with E-state index in [1.165, 1.54) is 6.07 Å². The van der Waals surface area contributed by atoms with Crippen molar-refractivity contribution in [2.75, 3.05) is 5.32 Å². The molecule has 0 unspecified atom stereocenters. The number of anilines is 1. The second-order valence-electron chi connectivity index (χ2n) is 8.00. The highest BCUT2D eigenvalue weighted by Gasteiger charge is 2.27. The summed E-state index contributed by atoms with van der Waals surface area (Å²) in [6, 6.07) is 14.8. The molecule has 0 amide bonds. The van der Waals surface area contributed by atoms with E-state index in [0.29, 0.717) is 15.6 Å². The zero-order valence-corrected chi connectivity index (χ0v) is 19.6. The molecule has 160 valence electrons. The molecule has 7 heteroatoms. The maximum atomic E-state index is 14.2. The molecular weight excluding hydrogens is 454 g/mol. The van der Waals surface area contributed by atoms with E-state index in [-0.39, 0.29) is 27.5 Å². The molecule has 3 rings (SSSR count). The Hall–Kier alpha value is -2.47. The summed E-state index contributed by atoms with van der Waals surface area (Å²) in [5.41, 5.74) is 1.81. The van der Waals surface area contributed by atoms with Crippen LogP contribution in [0, 0.1) is 5.82 Å².